The van der Waals surface area contributed by atoms with Crippen molar-refractivity contribution in [3.05, 3.63) is 102 Å². The first kappa shape index (κ1) is 38.5. The number of aryl methyl sites for hydroxylation is 2. The largest absolute Gasteiger partial charge is 0.508 e. The van der Waals surface area contributed by atoms with Crippen LogP contribution in [-0.4, -0.2) is 98.0 Å². The van der Waals surface area contributed by atoms with Gasteiger partial charge in [-0.25, -0.2) is 0 Å². The molecule has 3 N–H and O–H groups in total. The first-order chi connectivity index (χ1) is 28.1. The smallest absolute Gasteiger partial charge is 0.260 e. The number of phenolic OH excluding ortho intramolecular Hbond substituents is 2. The number of unbranched alkanes of at least 4 members (excludes halogenated alkanes) is 1. The summed E-state index contributed by atoms with van der Waals surface area (Å²) in [6.07, 6.45) is 2.62. The maximum atomic E-state index is 13.0. The van der Waals surface area contributed by atoms with Gasteiger partial charge in [-0.1, -0.05) is 12.1 Å². The molecule has 2 fully saturated rings. The van der Waals surface area contributed by atoms with E-state index in [0.29, 0.717) is 44.1 Å². The first-order valence-electron chi connectivity index (χ1n) is 19.9. The number of ether oxygens (including phenoxy) is 2. The van der Waals surface area contributed by atoms with Crippen LogP contribution in [0.15, 0.2) is 84.9 Å². The molecule has 6 aromatic rings. The van der Waals surface area contributed by atoms with E-state index in [-0.39, 0.29) is 42.2 Å². The van der Waals surface area contributed by atoms with Crippen LogP contribution in [-0.2, 0) is 28.0 Å². The van der Waals surface area contributed by atoms with Crippen LogP contribution in [0.1, 0.15) is 48.4 Å². The maximum Gasteiger partial charge on any atom is 0.260 e. The van der Waals surface area contributed by atoms with Crippen LogP contribution in [0, 0.1) is 6.92 Å². The van der Waals surface area contributed by atoms with E-state index in [1.807, 2.05) is 47.4 Å². The highest BCUT2D eigenvalue weighted by molar-refractivity contribution is 6.02. The molecule has 8 rings (SSSR count). The third-order valence-electron chi connectivity index (χ3n) is 11.4. The zero-order chi connectivity index (χ0) is 40.3. The van der Waals surface area contributed by atoms with Gasteiger partial charge in [0.1, 0.15) is 23.0 Å². The molecule has 0 spiro atoms. The molecule has 300 valence electrons. The zero-order valence-electron chi connectivity index (χ0n) is 32.8. The van der Waals surface area contributed by atoms with Gasteiger partial charge in [-0.05, 0) is 116 Å². The summed E-state index contributed by atoms with van der Waals surface area (Å²) in [5.41, 5.74) is 6.69. The third-order valence-corrected chi connectivity index (χ3v) is 11.4. The molecule has 4 heterocycles. The van der Waals surface area contributed by atoms with Crippen LogP contribution >= 0.6 is 0 Å². The number of carbonyl (C=O) groups excluding carboxylic acids is 3. The Morgan fingerprint density at radius 1 is 0.828 bits per heavy atom. The number of rotatable bonds is 13. The topological polar surface area (TPSA) is 151 Å². The van der Waals surface area contributed by atoms with Crippen molar-refractivity contribution in [3.63, 3.8) is 0 Å². The minimum atomic E-state index is -0.480. The van der Waals surface area contributed by atoms with E-state index in [4.69, 9.17) is 9.47 Å². The number of imide groups is 1. The van der Waals surface area contributed by atoms with Gasteiger partial charge in [-0.2, -0.15) is 5.10 Å². The SMILES string of the molecule is Cc1c(-c2ccc(O)cc2)n(Cc2ccc(OCCCCN3CCN(C(=O)COc4ccc5c(C6CCC(=O)NC6=O)nn(C)c5c4)CC3)cc2)c2ccc(O)cc12. The highest BCUT2D eigenvalue weighted by Crippen LogP contribution is 2.37. The Morgan fingerprint density at radius 2 is 1.57 bits per heavy atom. The molecular formula is C45H48N6O7. The second-order valence-corrected chi connectivity index (χ2v) is 15.2. The van der Waals surface area contributed by atoms with Gasteiger partial charge < -0.3 is 29.2 Å². The summed E-state index contributed by atoms with van der Waals surface area (Å²) in [5, 5.41) is 28.9. The van der Waals surface area contributed by atoms with E-state index in [1.54, 1.807) is 42.1 Å². The Labute approximate surface area is 336 Å². The average molecular weight is 785 g/mol. The van der Waals surface area contributed by atoms with Crippen molar-refractivity contribution in [2.24, 2.45) is 7.05 Å². The monoisotopic (exact) mass is 784 g/mol. The molecule has 1 unspecified atom stereocenters. The van der Waals surface area contributed by atoms with Crippen molar-refractivity contribution in [3.8, 4) is 34.3 Å². The molecule has 13 heteroatoms. The fraction of sp³-hybridized carbons (Fsp3) is 0.333. The van der Waals surface area contributed by atoms with E-state index in [9.17, 15) is 24.6 Å². The van der Waals surface area contributed by atoms with Gasteiger partial charge in [0.2, 0.25) is 11.8 Å². The molecule has 2 saturated heterocycles. The van der Waals surface area contributed by atoms with E-state index in [2.05, 4.69) is 38.9 Å². The molecule has 0 aliphatic carbocycles. The number of aromatic nitrogens is 3. The van der Waals surface area contributed by atoms with Gasteiger partial charge in [-0.15, -0.1) is 0 Å². The predicted molar refractivity (Wildman–Crippen MR) is 220 cm³/mol. The standard InChI is InChI=1S/C45H48N6O7/c1-29-38-25-33(53)11-17-39(38)51(44(29)31-7-9-32(52)10-8-31)27-30-5-12-34(13-6-30)57-24-4-3-19-49-20-22-50(23-21-49)42(55)28-58-35-14-15-36-40(26-35)48(2)47-43(36)37-16-18-41(54)46-45(37)56/h5-15,17,25-26,37,52-53H,3-4,16,18-24,27-28H2,1-2H3,(H,46,54,56). The van der Waals surface area contributed by atoms with E-state index >= 15 is 0 Å². The first-order valence-corrected chi connectivity index (χ1v) is 19.9. The van der Waals surface area contributed by atoms with Crippen LogP contribution in [0.5, 0.6) is 23.0 Å². The van der Waals surface area contributed by atoms with Gasteiger partial charge in [0.25, 0.3) is 5.91 Å². The summed E-state index contributed by atoms with van der Waals surface area (Å²) < 4.78 is 16.0. The van der Waals surface area contributed by atoms with Crippen LogP contribution in [0.2, 0.25) is 0 Å². The van der Waals surface area contributed by atoms with Crippen molar-refractivity contribution in [1.82, 2.24) is 29.5 Å². The van der Waals surface area contributed by atoms with Gasteiger partial charge in [0, 0.05) is 68.5 Å². The highest BCUT2D eigenvalue weighted by atomic mass is 16.5. The van der Waals surface area contributed by atoms with Crippen molar-refractivity contribution in [2.45, 2.75) is 45.1 Å². The van der Waals surface area contributed by atoms with E-state index in [0.717, 1.165) is 82.4 Å². The summed E-state index contributed by atoms with van der Waals surface area (Å²) in [4.78, 5) is 41.3. The number of piperazine rings is 1. The molecule has 0 radical (unpaired) electrons. The van der Waals surface area contributed by atoms with Crippen molar-refractivity contribution < 1.29 is 34.1 Å². The molecule has 2 aliphatic heterocycles. The number of fused-ring (bicyclic) bond motifs is 2. The molecule has 58 heavy (non-hydrogen) atoms. The van der Waals surface area contributed by atoms with Crippen molar-refractivity contribution in [2.75, 3.05) is 45.9 Å². The average Bonchev–Trinajstić information content (AvgIpc) is 3.69. The second kappa shape index (κ2) is 16.6. The lowest BCUT2D eigenvalue weighted by molar-refractivity contribution is -0.135. The molecule has 13 nitrogen and oxygen atoms in total. The van der Waals surface area contributed by atoms with Gasteiger partial charge in [-0.3, -0.25) is 29.3 Å². The van der Waals surface area contributed by atoms with Gasteiger partial charge in [0.05, 0.1) is 29.4 Å². The Hall–Kier alpha value is -6.34. The zero-order valence-corrected chi connectivity index (χ0v) is 32.8. The third kappa shape index (κ3) is 8.21. The quantitative estimate of drug-likeness (QED) is 0.0966. The molecule has 1 atom stereocenters. The molecule has 4 aromatic carbocycles. The Bertz CT molecular complexity index is 2460. The Balaban J connectivity index is 0.764. The lowest BCUT2D eigenvalue weighted by Crippen LogP contribution is -2.50. The highest BCUT2D eigenvalue weighted by Gasteiger charge is 2.32. The molecule has 3 amide bonds. The number of phenols is 2. The predicted octanol–water partition coefficient (Wildman–Crippen LogP) is 5.87. The van der Waals surface area contributed by atoms with E-state index in [1.165, 1.54) is 0 Å². The van der Waals surface area contributed by atoms with Crippen LogP contribution in [0.3, 0.4) is 0 Å². The minimum absolute atomic E-state index is 0.0525. The summed E-state index contributed by atoms with van der Waals surface area (Å²) in [6, 6.07) is 26.4. The summed E-state index contributed by atoms with van der Waals surface area (Å²) in [5.74, 6) is 0.716. The molecule has 2 aromatic heterocycles. The Kier molecular flexibility index (Phi) is 11.1. The van der Waals surface area contributed by atoms with Gasteiger partial charge in [0.15, 0.2) is 6.61 Å². The molecule has 0 saturated carbocycles. The lowest BCUT2D eigenvalue weighted by atomic mass is 9.93. The summed E-state index contributed by atoms with van der Waals surface area (Å²) >= 11 is 0. The van der Waals surface area contributed by atoms with Crippen LogP contribution in [0.25, 0.3) is 33.1 Å². The summed E-state index contributed by atoms with van der Waals surface area (Å²) in [6.45, 7) is 7.12. The number of aromatic hydroxyl groups is 2. The fourth-order valence-corrected chi connectivity index (χ4v) is 8.19. The minimum Gasteiger partial charge on any atom is -0.508 e. The number of carbonyl (C=O) groups is 3. The van der Waals surface area contributed by atoms with E-state index < -0.39 is 5.92 Å². The van der Waals surface area contributed by atoms with Crippen molar-refractivity contribution in [1.29, 1.82) is 0 Å². The molecule has 2 aliphatic rings. The summed E-state index contributed by atoms with van der Waals surface area (Å²) in [7, 11) is 1.80. The Morgan fingerprint density at radius 3 is 2.33 bits per heavy atom. The second-order valence-electron chi connectivity index (χ2n) is 15.2. The molecular weight excluding hydrogens is 737 g/mol. The maximum absolute atomic E-state index is 13.0. The van der Waals surface area contributed by atoms with Crippen LogP contribution in [0.4, 0.5) is 0 Å². The van der Waals surface area contributed by atoms with Crippen LogP contribution < -0.4 is 14.8 Å². The number of nitrogens with one attached hydrogen (secondary N) is 1. The molecule has 0 bridgehead atoms. The fourth-order valence-electron chi connectivity index (χ4n) is 8.19. The number of nitrogens with zero attached hydrogens (tertiary/aromatic N) is 5. The number of hydrogen-bond acceptors (Lipinski definition) is 9. The van der Waals surface area contributed by atoms with Gasteiger partial charge >= 0.3 is 0 Å². The number of hydrogen-bond donors (Lipinski definition) is 3. The van der Waals surface area contributed by atoms with Crippen molar-refractivity contribution >= 4 is 39.5 Å². The number of piperidine rings is 1. The lowest BCUT2D eigenvalue weighted by Gasteiger charge is -2.34. The number of benzene rings is 4. The number of amides is 3. The normalized spacial score (nSPS) is 16.2.